The van der Waals surface area contributed by atoms with Gasteiger partial charge in [0.1, 0.15) is 5.00 Å². The zero-order valence-corrected chi connectivity index (χ0v) is 5.96. The Bertz CT molecular complexity index is 270. The van der Waals surface area contributed by atoms with Crippen LogP contribution >= 0.6 is 11.5 Å². The monoisotopic (exact) mass is 173 g/mol. The molecule has 0 aromatic carbocycles. The number of aliphatic carboxylic acids is 1. The predicted molar refractivity (Wildman–Crippen MR) is 36.2 cm³/mol. The lowest BCUT2D eigenvalue weighted by molar-refractivity contribution is -0.147. The fourth-order valence-electron chi connectivity index (χ4n) is 0.388. The van der Waals surface area contributed by atoms with Gasteiger partial charge in [-0.1, -0.05) is 4.49 Å². The van der Waals surface area contributed by atoms with Gasteiger partial charge in [0.05, 0.1) is 6.20 Å². The standard InChI is InChI=1S/C4H3N3O3S/c8-3(4(9)10)6-2-1-5-7-11-2/h1H,(H,6,8)(H,9,10). The van der Waals surface area contributed by atoms with Crippen LogP contribution in [-0.2, 0) is 9.59 Å². The molecule has 0 spiro atoms. The summed E-state index contributed by atoms with van der Waals surface area (Å²) in [5.41, 5.74) is 0. The van der Waals surface area contributed by atoms with E-state index in [4.69, 9.17) is 5.11 Å². The molecular formula is C4H3N3O3S. The number of hydrogen-bond donors (Lipinski definition) is 2. The summed E-state index contributed by atoms with van der Waals surface area (Å²) in [5.74, 6) is -2.62. The zero-order chi connectivity index (χ0) is 8.27. The molecular weight excluding hydrogens is 170 g/mol. The van der Waals surface area contributed by atoms with Gasteiger partial charge in [0.2, 0.25) is 0 Å². The molecule has 0 aliphatic carbocycles. The highest BCUT2D eigenvalue weighted by Gasteiger charge is 2.11. The molecule has 1 heterocycles. The van der Waals surface area contributed by atoms with Crippen molar-refractivity contribution in [2.24, 2.45) is 0 Å². The van der Waals surface area contributed by atoms with Crippen LogP contribution in [0.4, 0.5) is 5.00 Å². The number of carbonyl (C=O) groups excluding carboxylic acids is 1. The molecule has 0 saturated heterocycles. The Hall–Kier alpha value is -1.50. The largest absolute Gasteiger partial charge is 0.474 e. The molecule has 1 aromatic rings. The van der Waals surface area contributed by atoms with E-state index in [1.165, 1.54) is 6.20 Å². The Kier molecular flexibility index (Phi) is 2.12. The van der Waals surface area contributed by atoms with Crippen molar-refractivity contribution >= 4 is 28.4 Å². The van der Waals surface area contributed by atoms with Gasteiger partial charge in [-0.25, -0.2) is 4.79 Å². The van der Waals surface area contributed by atoms with Gasteiger partial charge in [-0.15, -0.1) is 5.10 Å². The lowest BCUT2D eigenvalue weighted by atomic mass is 10.6. The van der Waals surface area contributed by atoms with Gasteiger partial charge < -0.3 is 10.4 Å². The lowest BCUT2D eigenvalue weighted by Crippen LogP contribution is -2.21. The van der Waals surface area contributed by atoms with Crippen LogP contribution in [-0.4, -0.2) is 26.6 Å². The van der Waals surface area contributed by atoms with Crippen LogP contribution in [0.15, 0.2) is 6.20 Å². The van der Waals surface area contributed by atoms with E-state index in [-0.39, 0.29) is 0 Å². The van der Waals surface area contributed by atoms with E-state index >= 15 is 0 Å². The summed E-state index contributed by atoms with van der Waals surface area (Å²) in [6.45, 7) is 0. The number of carbonyl (C=O) groups is 2. The van der Waals surface area contributed by atoms with Crippen LogP contribution < -0.4 is 5.32 Å². The first-order valence-corrected chi connectivity index (χ1v) is 3.29. The van der Waals surface area contributed by atoms with Crippen LogP contribution in [0.1, 0.15) is 0 Å². The van der Waals surface area contributed by atoms with E-state index in [1.54, 1.807) is 0 Å². The maximum Gasteiger partial charge on any atom is 0.394 e. The average Bonchev–Trinajstić information content (AvgIpc) is 2.39. The number of rotatable bonds is 1. The number of nitrogens with zero attached hydrogens (tertiary/aromatic N) is 2. The summed E-state index contributed by atoms with van der Waals surface area (Å²) in [7, 11) is 0. The fourth-order valence-corrected chi connectivity index (χ4v) is 0.802. The molecule has 1 amide bonds. The highest BCUT2D eigenvalue weighted by molar-refractivity contribution is 7.10. The third-order valence-electron chi connectivity index (χ3n) is 0.792. The summed E-state index contributed by atoms with van der Waals surface area (Å²) in [6, 6.07) is 0. The molecule has 7 heteroatoms. The number of hydrogen-bond acceptors (Lipinski definition) is 5. The molecule has 11 heavy (non-hydrogen) atoms. The highest BCUT2D eigenvalue weighted by atomic mass is 32.1. The van der Waals surface area contributed by atoms with Gasteiger partial charge in [-0.05, 0) is 0 Å². The number of nitrogens with one attached hydrogen (secondary N) is 1. The molecule has 1 aromatic heterocycles. The number of aromatic nitrogens is 2. The molecule has 0 fully saturated rings. The minimum Gasteiger partial charge on any atom is -0.474 e. The van der Waals surface area contributed by atoms with Gasteiger partial charge in [-0.2, -0.15) is 0 Å². The van der Waals surface area contributed by atoms with Crippen LogP contribution in [0.2, 0.25) is 0 Å². The van der Waals surface area contributed by atoms with Crippen molar-refractivity contribution in [3.8, 4) is 0 Å². The van der Waals surface area contributed by atoms with E-state index in [9.17, 15) is 9.59 Å². The van der Waals surface area contributed by atoms with Gasteiger partial charge in [0.25, 0.3) is 0 Å². The Morgan fingerprint density at radius 3 is 2.82 bits per heavy atom. The van der Waals surface area contributed by atoms with Crippen LogP contribution in [0.5, 0.6) is 0 Å². The topological polar surface area (TPSA) is 92.2 Å². The quantitative estimate of drug-likeness (QED) is 0.561. The van der Waals surface area contributed by atoms with Gasteiger partial charge in [0, 0.05) is 11.5 Å². The van der Waals surface area contributed by atoms with Crippen molar-refractivity contribution in [1.29, 1.82) is 0 Å². The number of carboxylic acid groups (broad SMARTS) is 1. The first-order valence-electron chi connectivity index (χ1n) is 2.52. The maximum absolute atomic E-state index is 10.5. The van der Waals surface area contributed by atoms with Crippen LogP contribution in [0.3, 0.4) is 0 Å². The van der Waals surface area contributed by atoms with Crippen molar-refractivity contribution in [3.05, 3.63) is 6.20 Å². The molecule has 0 bridgehead atoms. The smallest absolute Gasteiger partial charge is 0.394 e. The maximum atomic E-state index is 10.5. The third-order valence-corrected chi connectivity index (χ3v) is 1.37. The van der Waals surface area contributed by atoms with Crippen molar-refractivity contribution in [2.45, 2.75) is 0 Å². The zero-order valence-electron chi connectivity index (χ0n) is 5.14. The molecule has 58 valence electrons. The van der Waals surface area contributed by atoms with E-state index in [0.717, 1.165) is 11.5 Å². The minimum absolute atomic E-state index is 0.317. The Morgan fingerprint density at radius 1 is 1.64 bits per heavy atom. The third kappa shape index (κ3) is 1.97. The van der Waals surface area contributed by atoms with E-state index in [0.29, 0.717) is 5.00 Å². The minimum atomic E-state index is -1.53. The van der Waals surface area contributed by atoms with Crippen molar-refractivity contribution < 1.29 is 14.7 Å². The van der Waals surface area contributed by atoms with Crippen molar-refractivity contribution in [2.75, 3.05) is 5.32 Å². The Morgan fingerprint density at radius 2 is 2.36 bits per heavy atom. The summed E-state index contributed by atoms with van der Waals surface area (Å²) >= 11 is 0.912. The first kappa shape index (κ1) is 7.61. The van der Waals surface area contributed by atoms with E-state index < -0.39 is 11.9 Å². The van der Waals surface area contributed by atoms with Crippen molar-refractivity contribution in [1.82, 2.24) is 9.59 Å². The molecule has 0 radical (unpaired) electrons. The second-order valence-corrected chi connectivity index (χ2v) is 2.33. The number of carboxylic acids is 1. The molecule has 2 N–H and O–H groups in total. The average molecular weight is 173 g/mol. The normalized spacial score (nSPS) is 9.09. The molecule has 0 unspecified atom stereocenters. The SMILES string of the molecule is O=C(O)C(=O)Nc1cnns1. The fraction of sp³-hybridized carbons (Fsp3) is 0. The molecule has 0 aliphatic rings. The second kappa shape index (κ2) is 3.06. The van der Waals surface area contributed by atoms with Crippen LogP contribution in [0.25, 0.3) is 0 Å². The second-order valence-electron chi connectivity index (χ2n) is 1.54. The summed E-state index contributed by atoms with van der Waals surface area (Å²) in [5, 5.41) is 13.9. The highest BCUT2D eigenvalue weighted by Crippen LogP contribution is 2.07. The van der Waals surface area contributed by atoms with E-state index in [2.05, 4.69) is 14.9 Å². The number of anilines is 1. The van der Waals surface area contributed by atoms with Gasteiger partial charge in [0.15, 0.2) is 0 Å². The predicted octanol–water partition coefficient (Wildman–Crippen LogP) is -0.439. The first-order chi connectivity index (χ1) is 5.20. The Labute approximate surface area is 65.0 Å². The van der Waals surface area contributed by atoms with Gasteiger partial charge in [-0.3, -0.25) is 4.79 Å². The summed E-state index contributed by atoms with van der Waals surface area (Å²) < 4.78 is 3.42. The van der Waals surface area contributed by atoms with Crippen LogP contribution in [0, 0.1) is 0 Å². The summed E-state index contributed by atoms with van der Waals surface area (Å²) in [4.78, 5) is 20.4. The van der Waals surface area contributed by atoms with E-state index in [1.807, 2.05) is 0 Å². The Balaban J connectivity index is 2.57. The van der Waals surface area contributed by atoms with Gasteiger partial charge >= 0.3 is 11.9 Å². The number of amides is 1. The van der Waals surface area contributed by atoms with Crippen molar-refractivity contribution in [3.63, 3.8) is 0 Å². The molecule has 0 saturated carbocycles. The molecule has 0 aliphatic heterocycles. The molecule has 1 rings (SSSR count). The lowest BCUT2D eigenvalue weighted by Gasteiger charge is -1.92. The molecule has 6 nitrogen and oxygen atoms in total. The summed E-state index contributed by atoms with van der Waals surface area (Å²) in [6.07, 6.45) is 1.27. The molecule has 0 atom stereocenters.